The molecule has 0 spiro atoms. The molecule has 0 aliphatic carbocycles. The minimum Gasteiger partial charge on any atom is -0.461 e. The topological polar surface area (TPSA) is 53.1 Å². The number of hydrogen-bond acceptors (Lipinski definition) is 4. The van der Waals surface area contributed by atoms with Crippen molar-refractivity contribution in [2.45, 2.75) is 31.9 Å². The molecule has 0 amide bonds. The molecular weight excluding hydrogens is 266 g/mol. The summed E-state index contributed by atoms with van der Waals surface area (Å²) in [5.74, 6) is 1.59. The van der Waals surface area contributed by atoms with Crippen LogP contribution >= 0.6 is 0 Å². The van der Waals surface area contributed by atoms with E-state index in [1.807, 2.05) is 24.3 Å². The van der Waals surface area contributed by atoms with E-state index in [1.165, 1.54) is 6.42 Å². The normalized spacial score (nSPS) is 19.1. The summed E-state index contributed by atoms with van der Waals surface area (Å²) in [5.41, 5.74) is 1.78. The second-order valence-electron chi connectivity index (χ2n) is 5.36. The van der Waals surface area contributed by atoms with E-state index in [-0.39, 0.29) is 6.10 Å². The monoisotopic (exact) mass is 283 g/mol. The lowest BCUT2D eigenvalue weighted by atomic mass is 10.1. The Morgan fingerprint density at radius 3 is 3.05 bits per heavy atom. The third-order valence-electron chi connectivity index (χ3n) is 3.91. The van der Waals surface area contributed by atoms with Crippen molar-refractivity contribution in [2.75, 3.05) is 6.61 Å². The molecule has 1 fully saturated rings. The van der Waals surface area contributed by atoms with Crippen LogP contribution in [0.4, 0.5) is 0 Å². The van der Waals surface area contributed by atoms with Crippen LogP contribution in [0.2, 0.25) is 0 Å². The Hall–Kier alpha value is -2.14. The van der Waals surface area contributed by atoms with Crippen molar-refractivity contribution in [3.8, 4) is 11.6 Å². The largest absolute Gasteiger partial charge is 0.461 e. The molecular formula is C16H17N3O2. The quantitative estimate of drug-likeness (QED) is 0.740. The number of ether oxygens (including phenoxy) is 1. The fourth-order valence-corrected chi connectivity index (χ4v) is 2.88. The van der Waals surface area contributed by atoms with Crippen LogP contribution in [-0.4, -0.2) is 27.2 Å². The van der Waals surface area contributed by atoms with E-state index in [9.17, 15) is 0 Å². The van der Waals surface area contributed by atoms with E-state index in [0.29, 0.717) is 0 Å². The highest BCUT2D eigenvalue weighted by molar-refractivity contribution is 5.75. The zero-order valence-electron chi connectivity index (χ0n) is 11.7. The van der Waals surface area contributed by atoms with Crippen molar-refractivity contribution in [2.24, 2.45) is 0 Å². The number of nitrogens with zero attached hydrogens (tertiary/aromatic N) is 3. The Morgan fingerprint density at radius 2 is 2.24 bits per heavy atom. The molecule has 0 N–H and O–H groups in total. The minimum atomic E-state index is 0.229. The van der Waals surface area contributed by atoms with Gasteiger partial charge in [0.15, 0.2) is 17.2 Å². The molecule has 5 heteroatoms. The van der Waals surface area contributed by atoms with Crippen LogP contribution in [0.25, 0.3) is 22.7 Å². The van der Waals surface area contributed by atoms with Gasteiger partial charge in [0.05, 0.1) is 18.9 Å². The van der Waals surface area contributed by atoms with E-state index in [2.05, 4.69) is 14.5 Å². The third-order valence-corrected chi connectivity index (χ3v) is 3.91. The lowest BCUT2D eigenvalue weighted by molar-refractivity contribution is 0.00674. The maximum absolute atomic E-state index is 5.87. The average molecular weight is 283 g/mol. The number of imidazole rings is 1. The first-order valence-electron chi connectivity index (χ1n) is 7.38. The molecule has 4 heterocycles. The zero-order chi connectivity index (χ0) is 14.1. The Morgan fingerprint density at radius 1 is 1.24 bits per heavy atom. The number of aromatic nitrogens is 3. The fourth-order valence-electron chi connectivity index (χ4n) is 2.88. The van der Waals surface area contributed by atoms with E-state index in [0.717, 1.165) is 48.7 Å². The zero-order valence-corrected chi connectivity index (χ0v) is 11.7. The highest BCUT2D eigenvalue weighted by Gasteiger charge is 2.20. The second-order valence-corrected chi connectivity index (χ2v) is 5.36. The predicted octanol–water partition coefficient (Wildman–Crippen LogP) is 3.26. The summed E-state index contributed by atoms with van der Waals surface area (Å²) < 4.78 is 13.5. The molecule has 5 nitrogen and oxygen atoms in total. The summed E-state index contributed by atoms with van der Waals surface area (Å²) in [4.78, 5) is 9.15. The van der Waals surface area contributed by atoms with Crippen molar-refractivity contribution in [3.63, 3.8) is 0 Å². The molecule has 1 aliphatic heterocycles. The predicted molar refractivity (Wildman–Crippen MR) is 78.8 cm³/mol. The Kier molecular flexibility index (Phi) is 3.20. The number of fused-ring (bicyclic) bond motifs is 1. The molecule has 1 unspecified atom stereocenters. The molecule has 1 aliphatic rings. The van der Waals surface area contributed by atoms with E-state index in [4.69, 9.17) is 9.15 Å². The lowest BCUT2D eigenvalue weighted by Gasteiger charge is -2.23. The van der Waals surface area contributed by atoms with Crippen molar-refractivity contribution in [3.05, 3.63) is 36.7 Å². The lowest BCUT2D eigenvalue weighted by Crippen LogP contribution is -2.24. The highest BCUT2D eigenvalue weighted by Crippen LogP contribution is 2.26. The SMILES string of the molecule is c1coc(-c2nc3cccnc3n2CC2CCCCO2)c1. The molecule has 3 aromatic rings. The van der Waals surface area contributed by atoms with Crippen LogP contribution in [0.3, 0.4) is 0 Å². The molecule has 1 atom stereocenters. The summed E-state index contributed by atoms with van der Waals surface area (Å²) >= 11 is 0. The van der Waals surface area contributed by atoms with Crippen molar-refractivity contribution in [1.82, 2.24) is 14.5 Å². The van der Waals surface area contributed by atoms with Crippen LogP contribution in [0.5, 0.6) is 0 Å². The molecule has 1 saturated heterocycles. The summed E-state index contributed by atoms with van der Waals surface area (Å²) in [5, 5.41) is 0. The first-order chi connectivity index (χ1) is 10.4. The number of furan rings is 1. The fraction of sp³-hybridized carbons (Fsp3) is 0.375. The van der Waals surface area contributed by atoms with Gasteiger partial charge in [0.2, 0.25) is 0 Å². The maximum Gasteiger partial charge on any atom is 0.178 e. The molecule has 3 aromatic heterocycles. The van der Waals surface area contributed by atoms with E-state index in [1.54, 1.807) is 12.5 Å². The molecule has 0 saturated carbocycles. The van der Waals surface area contributed by atoms with Gasteiger partial charge in [-0.05, 0) is 43.5 Å². The molecule has 21 heavy (non-hydrogen) atoms. The second kappa shape index (κ2) is 5.33. The van der Waals surface area contributed by atoms with E-state index < -0.39 is 0 Å². The van der Waals surface area contributed by atoms with Gasteiger partial charge in [0.25, 0.3) is 0 Å². The first-order valence-corrected chi connectivity index (χ1v) is 7.38. The highest BCUT2D eigenvalue weighted by atomic mass is 16.5. The molecule has 108 valence electrons. The van der Waals surface area contributed by atoms with Gasteiger partial charge in [-0.3, -0.25) is 0 Å². The standard InChI is InChI=1S/C16H17N3O2/c1-2-9-20-12(5-1)11-19-15-13(6-3-8-17-15)18-16(19)14-7-4-10-21-14/h3-4,6-8,10,12H,1-2,5,9,11H2. The third kappa shape index (κ3) is 2.34. The van der Waals surface area contributed by atoms with Crippen molar-refractivity contribution >= 4 is 11.2 Å². The summed E-state index contributed by atoms with van der Waals surface area (Å²) in [6.07, 6.45) is 7.17. The molecule has 4 rings (SSSR count). The molecule has 0 radical (unpaired) electrons. The van der Waals surface area contributed by atoms with Gasteiger partial charge in [-0.15, -0.1) is 0 Å². The van der Waals surface area contributed by atoms with Crippen LogP contribution in [0, 0.1) is 0 Å². The van der Waals surface area contributed by atoms with Gasteiger partial charge in [0, 0.05) is 12.8 Å². The Labute approximate surface area is 122 Å². The average Bonchev–Trinajstić information content (AvgIpc) is 3.16. The maximum atomic E-state index is 5.87. The number of pyridine rings is 1. The van der Waals surface area contributed by atoms with Gasteiger partial charge in [-0.1, -0.05) is 0 Å². The van der Waals surface area contributed by atoms with Crippen molar-refractivity contribution in [1.29, 1.82) is 0 Å². The van der Waals surface area contributed by atoms with Crippen LogP contribution in [-0.2, 0) is 11.3 Å². The summed E-state index contributed by atoms with van der Waals surface area (Å²) in [6, 6.07) is 7.69. The Balaban J connectivity index is 1.78. The van der Waals surface area contributed by atoms with Crippen LogP contribution < -0.4 is 0 Å². The first kappa shape index (κ1) is 12.6. The molecule has 0 bridgehead atoms. The van der Waals surface area contributed by atoms with Crippen LogP contribution in [0.15, 0.2) is 41.1 Å². The Bertz CT molecular complexity index is 727. The smallest absolute Gasteiger partial charge is 0.178 e. The number of hydrogen-bond donors (Lipinski definition) is 0. The number of rotatable bonds is 3. The van der Waals surface area contributed by atoms with E-state index >= 15 is 0 Å². The van der Waals surface area contributed by atoms with Gasteiger partial charge in [-0.2, -0.15) is 0 Å². The van der Waals surface area contributed by atoms with Gasteiger partial charge in [-0.25, -0.2) is 9.97 Å². The molecule has 0 aromatic carbocycles. The van der Waals surface area contributed by atoms with Crippen LogP contribution in [0.1, 0.15) is 19.3 Å². The van der Waals surface area contributed by atoms with Gasteiger partial charge >= 0.3 is 0 Å². The minimum absolute atomic E-state index is 0.229. The van der Waals surface area contributed by atoms with Gasteiger partial charge in [0.1, 0.15) is 5.52 Å². The van der Waals surface area contributed by atoms with Crippen molar-refractivity contribution < 1.29 is 9.15 Å². The van der Waals surface area contributed by atoms with Gasteiger partial charge < -0.3 is 13.7 Å². The summed E-state index contributed by atoms with van der Waals surface area (Å²) in [6.45, 7) is 1.62. The summed E-state index contributed by atoms with van der Waals surface area (Å²) in [7, 11) is 0.